The van der Waals surface area contributed by atoms with Crippen molar-refractivity contribution in [3.63, 3.8) is 0 Å². The molecule has 12 aromatic rings. The van der Waals surface area contributed by atoms with E-state index in [2.05, 4.69) is 167 Å². The highest BCUT2D eigenvalue weighted by Gasteiger charge is 2.19. The first-order valence-electron chi connectivity index (χ1n) is 20.0. The molecule has 280 valence electrons. The van der Waals surface area contributed by atoms with Gasteiger partial charge in [0, 0.05) is 39.2 Å². The highest BCUT2D eigenvalue weighted by atomic mass is 16.3. The van der Waals surface area contributed by atoms with E-state index >= 15 is 0 Å². The Balaban J connectivity index is 0.927. The van der Waals surface area contributed by atoms with Crippen LogP contribution in [0.4, 0.5) is 0 Å². The number of nitrogens with zero attached hydrogens (tertiary/aromatic N) is 5. The van der Waals surface area contributed by atoms with Crippen molar-refractivity contribution in [3.05, 3.63) is 200 Å². The lowest BCUT2D eigenvalue weighted by Gasteiger charge is -2.11. The van der Waals surface area contributed by atoms with E-state index in [9.17, 15) is 0 Å². The van der Waals surface area contributed by atoms with Crippen molar-refractivity contribution < 1.29 is 4.42 Å². The number of rotatable bonds is 6. The van der Waals surface area contributed by atoms with Gasteiger partial charge >= 0.3 is 0 Å². The summed E-state index contributed by atoms with van der Waals surface area (Å²) in [7, 11) is 0. The van der Waals surface area contributed by atoms with Crippen LogP contribution < -0.4 is 0 Å². The molecule has 4 heterocycles. The predicted octanol–water partition coefficient (Wildman–Crippen LogP) is 13.8. The van der Waals surface area contributed by atoms with E-state index in [1.165, 1.54) is 32.6 Å². The van der Waals surface area contributed by atoms with Crippen LogP contribution in [0.25, 0.3) is 117 Å². The first-order valence-corrected chi connectivity index (χ1v) is 20.0. The van der Waals surface area contributed by atoms with Gasteiger partial charge in [0.25, 0.3) is 0 Å². The summed E-state index contributed by atoms with van der Waals surface area (Å²) in [6, 6.07) is 67.7. The summed E-state index contributed by atoms with van der Waals surface area (Å²) in [6.45, 7) is 0. The van der Waals surface area contributed by atoms with E-state index in [4.69, 9.17) is 19.4 Å². The number of aromatic nitrogens is 5. The van der Waals surface area contributed by atoms with Crippen LogP contribution in [-0.4, -0.2) is 24.5 Å². The molecule has 0 spiro atoms. The second-order valence-corrected chi connectivity index (χ2v) is 15.1. The van der Waals surface area contributed by atoms with Crippen molar-refractivity contribution in [3.8, 4) is 62.1 Å². The third-order valence-corrected chi connectivity index (χ3v) is 11.5. The molecule has 0 aliphatic heterocycles. The lowest BCUT2D eigenvalue weighted by Crippen LogP contribution is -2.00. The maximum atomic E-state index is 6.39. The first kappa shape index (κ1) is 33.9. The number of benzene rings is 8. The smallest absolute Gasteiger partial charge is 0.167 e. The average Bonchev–Trinajstić information content (AvgIpc) is 3.86. The van der Waals surface area contributed by atoms with Crippen LogP contribution >= 0.6 is 0 Å². The zero-order valence-corrected chi connectivity index (χ0v) is 32.2. The summed E-state index contributed by atoms with van der Waals surface area (Å²) in [5.41, 5.74) is 12.8. The van der Waals surface area contributed by atoms with Crippen LogP contribution in [0.1, 0.15) is 0 Å². The maximum Gasteiger partial charge on any atom is 0.167 e. The van der Waals surface area contributed by atoms with E-state index < -0.39 is 0 Å². The standard InChI is InChI=1S/C54H33N5O/c1-2-10-34(11-3-1)35-19-23-38(24-20-35)52-56-53(58-54(57-52)45-16-8-15-44-50-49(60-51(44)45)18-9-31-55-50)39-25-21-36(22-26-39)37-27-29-42(30-28-37)59-47-17-7-6-14-43(47)46-32-40-12-4-5-13-41(40)33-48(46)59/h1-33H. The molecule has 8 aromatic carbocycles. The summed E-state index contributed by atoms with van der Waals surface area (Å²) in [5.74, 6) is 1.69. The van der Waals surface area contributed by atoms with Gasteiger partial charge in [-0.25, -0.2) is 15.0 Å². The first-order chi connectivity index (χ1) is 29.7. The molecular weight excluding hydrogens is 735 g/mol. The number of hydrogen-bond donors (Lipinski definition) is 0. The summed E-state index contributed by atoms with van der Waals surface area (Å²) in [6.07, 6.45) is 1.79. The summed E-state index contributed by atoms with van der Waals surface area (Å²) >= 11 is 0. The lowest BCUT2D eigenvalue weighted by atomic mass is 10.0. The Hall–Kier alpha value is -8.22. The second kappa shape index (κ2) is 13.7. The Kier molecular flexibility index (Phi) is 7.74. The molecule has 0 aliphatic carbocycles. The van der Waals surface area contributed by atoms with Gasteiger partial charge in [-0.15, -0.1) is 0 Å². The Morgan fingerprint density at radius 3 is 1.67 bits per heavy atom. The maximum absolute atomic E-state index is 6.39. The van der Waals surface area contributed by atoms with E-state index in [1.54, 1.807) is 6.20 Å². The molecule has 0 N–H and O–H groups in total. The Bertz CT molecular complexity index is 3570. The molecule has 0 saturated carbocycles. The van der Waals surface area contributed by atoms with Crippen molar-refractivity contribution in [1.82, 2.24) is 24.5 Å². The summed E-state index contributed by atoms with van der Waals surface area (Å²) in [5, 5.41) is 5.89. The van der Waals surface area contributed by atoms with Crippen molar-refractivity contribution in [2.75, 3.05) is 0 Å². The molecule has 0 bridgehead atoms. The van der Waals surface area contributed by atoms with Crippen LogP contribution in [0.3, 0.4) is 0 Å². The Morgan fingerprint density at radius 2 is 0.950 bits per heavy atom. The van der Waals surface area contributed by atoms with Gasteiger partial charge in [-0.2, -0.15) is 0 Å². The molecule has 12 rings (SSSR count). The fraction of sp³-hybridized carbons (Fsp3) is 0. The summed E-state index contributed by atoms with van der Waals surface area (Å²) in [4.78, 5) is 19.8. The highest BCUT2D eigenvalue weighted by Crippen LogP contribution is 2.37. The molecule has 6 heteroatoms. The minimum absolute atomic E-state index is 0.532. The molecule has 0 radical (unpaired) electrons. The van der Waals surface area contributed by atoms with Gasteiger partial charge in [0.15, 0.2) is 23.1 Å². The van der Waals surface area contributed by atoms with Gasteiger partial charge in [-0.3, -0.25) is 4.98 Å². The van der Waals surface area contributed by atoms with Crippen LogP contribution in [0.15, 0.2) is 205 Å². The molecule has 0 fully saturated rings. The van der Waals surface area contributed by atoms with Gasteiger partial charge in [0.1, 0.15) is 11.1 Å². The fourth-order valence-electron chi connectivity index (χ4n) is 8.54. The van der Waals surface area contributed by atoms with Crippen molar-refractivity contribution in [2.24, 2.45) is 0 Å². The molecule has 6 nitrogen and oxygen atoms in total. The predicted molar refractivity (Wildman–Crippen MR) is 244 cm³/mol. The van der Waals surface area contributed by atoms with E-state index in [-0.39, 0.29) is 0 Å². The minimum atomic E-state index is 0.532. The van der Waals surface area contributed by atoms with Gasteiger partial charge in [-0.05, 0) is 87.6 Å². The Labute approximate surface area is 344 Å². The van der Waals surface area contributed by atoms with E-state index in [0.29, 0.717) is 23.1 Å². The monoisotopic (exact) mass is 767 g/mol. The lowest BCUT2D eigenvalue weighted by molar-refractivity contribution is 0.668. The molecule has 0 aliphatic rings. The van der Waals surface area contributed by atoms with Crippen molar-refractivity contribution in [2.45, 2.75) is 0 Å². The van der Waals surface area contributed by atoms with Crippen LogP contribution in [0.2, 0.25) is 0 Å². The van der Waals surface area contributed by atoms with Gasteiger partial charge < -0.3 is 8.98 Å². The minimum Gasteiger partial charge on any atom is -0.454 e. The zero-order chi connectivity index (χ0) is 39.6. The summed E-state index contributed by atoms with van der Waals surface area (Å²) < 4.78 is 8.76. The van der Waals surface area contributed by atoms with E-state index in [1.807, 2.05) is 36.4 Å². The molecule has 0 saturated heterocycles. The molecule has 0 atom stereocenters. The largest absolute Gasteiger partial charge is 0.454 e. The van der Waals surface area contributed by atoms with Gasteiger partial charge in [0.2, 0.25) is 0 Å². The molecule has 60 heavy (non-hydrogen) atoms. The van der Waals surface area contributed by atoms with E-state index in [0.717, 1.165) is 61.1 Å². The topological polar surface area (TPSA) is 69.6 Å². The third-order valence-electron chi connectivity index (χ3n) is 11.5. The normalized spacial score (nSPS) is 11.7. The average molecular weight is 768 g/mol. The van der Waals surface area contributed by atoms with Crippen LogP contribution in [0, 0.1) is 0 Å². The quantitative estimate of drug-likeness (QED) is 0.168. The number of pyridine rings is 1. The molecular formula is C54H33N5O. The number of fused-ring (bicyclic) bond motifs is 7. The van der Waals surface area contributed by atoms with Gasteiger partial charge in [-0.1, -0.05) is 140 Å². The molecule has 0 unspecified atom stereocenters. The van der Waals surface area contributed by atoms with Crippen molar-refractivity contribution in [1.29, 1.82) is 0 Å². The van der Waals surface area contributed by atoms with Crippen LogP contribution in [0.5, 0.6) is 0 Å². The SMILES string of the molecule is c1ccc(-c2ccc(-c3nc(-c4ccc(-c5ccc(-n6c7ccccc7c7cc8ccccc8cc76)cc5)cc4)nc(-c4cccc5c4oc4cccnc45)n3)cc2)cc1. The third kappa shape index (κ3) is 5.65. The number of hydrogen-bond acceptors (Lipinski definition) is 5. The van der Waals surface area contributed by atoms with Crippen molar-refractivity contribution >= 4 is 54.6 Å². The van der Waals surface area contributed by atoms with Crippen LogP contribution in [-0.2, 0) is 0 Å². The fourth-order valence-corrected chi connectivity index (χ4v) is 8.54. The second-order valence-electron chi connectivity index (χ2n) is 15.1. The number of furan rings is 1. The Morgan fingerprint density at radius 1 is 0.383 bits per heavy atom. The zero-order valence-electron chi connectivity index (χ0n) is 32.2. The molecule has 4 aromatic heterocycles. The van der Waals surface area contributed by atoms with Gasteiger partial charge in [0.05, 0.1) is 16.6 Å². The highest BCUT2D eigenvalue weighted by molar-refractivity contribution is 6.13. The molecule has 0 amide bonds. The number of para-hydroxylation sites is 2.